The lowest BCUT2D eigenvalue weighted by atomic mass is 10.3. The first kappa shape index (κ1) is 12.3. The van der Waals surface area contributed by atoms with Gasteiger partial charge in [-0.05, 0) is 26.0 Å². The van der Waals surface area contributed by atoms with E-state index in [1.165, 1.54) is 25.3 Å². The highest BCUT2D eigenvalue weighted by molar-refractivity contribution is 5.86. The van der Waals surface area contributed by atoms with Crippen LogP contribution in [0.25, 0.3) is 0 Å². The van der Waals surface area contributed by atoms with Crippen LogP contribution in [0.2, 0.25) is 0 Å². The number of halogens is 1. The Bertz CT molecular complexity index is 379. The van der Waals surface area contributed by atoms with E-state index in [2.05, 4.69) is 5.32 Å². The molecule has 0 aliphatic rings. The number of rotatable bonds is 3. The highest BCUT2D eigenvalue weighted by Gasteiger charge is 2.10. The third-order valence-electron chi connectivity index (χ3n) is 1.74. The van der Waals surface area contributed by atoms with Crippen LogP contribution in [0, 0.1) is 5.82 Å². The lowest BCUT2D eigenvalue weighted by Crippen LogP contribution is -2.18. The summed E-state index contributed by atoms with van der Waals surface area (Å²) in [6, 6.07) is 3.85. The maximum Gasteiger partial charge on any atom is 0.411 e. The fourth-order valence-electron chi connectivity index (χ4n) is 1.13. The molecule has 0 aliphatic carbocycles. The van der Waals surface area contributed by atoms with Crippen molar-refractivity contribution in [3.8, 4) is 5.75 Å². The zero-order chi connectivity index (χ0) is 12.1. The molecule has 5 heteroatoms. The summed E-state index contributed by atoms with van der Waals surface area (Å²) in [7, 11) is 1.44. The second-order valence-electron chi connectivity index (χ2n) is 3.42. The molecule has 1 N–H and O–H groups in total. The standard InChI is InChI=1S/C11H14FNO3/c1-7(2)16-11(14)13-9-6-8(12)4-5-10(9)15-3/h4-7H,1-3H3,(H,13,14). The minimum atomic E-state index is -0.640. The Hall–Kier alpha value is -1.78. The maximum absolute atomic E-state index is 12.9. The van der Waals surface area contributed by atoms with Crippen molar-refractivity contribution in [1.29, 1.82) is 0 Å². The molecular weight excluding hydrogens is 213 g/mol. The average Bonchev–Trinajstić information content (AvgIpc) is 2.16. The van der Waals surface area contributed by atoms with Gasteiger partial charge in [0.05, 0.1) is 18.9 Å². The predicted octanol–water partition coefficient (Wildman–Crippen LogP) is 2.79. The van der Waals surface area contributed by atoms with E-state index in [9.17, 15) is 9.18 Å². The van der Waals surface area contributed by atoms with Crippen LogP contribution in [0.3, 0.4) is 0 Å². The van der Waals surface area contributed by atoms with Gasteiger partial charge in [-0.3, -0.25) is 5.32 Å². The van der Waals surface area contributed by atoms with Gasteiger partial charge in [-0.1, -0.05) is 0 Å². The average molecular weight is 227 g/mol. The number of anilines is 1. The smallest absolute Gasteiger partial charge is 0.411 e. The van der Waals surface area contributed by atoms with Gasteiger partial charge >= 0.3 is 6.09 Å². The van der Waals surface area contributed by atoms with Gasteiger partial charge in [-0.25, -0.2) is 9.18 Å². The molecule has 0 radical (unpaired) electrons. The number of nitrogens with one attached hydrogen (secondary N) is 1. The summed E-state index contributed by atoms with van der Waals surface area (Å²) in [5, 5.41) is 2.41. The van der Waals surface area contributed by atoms with Crippen molar-refractivity contribution in [1.82, 2.24) is 0 Å². The van der Waals surface area contributed by atoms with E-state index in [-0.39, 0.29) is 11.8 Å². The fraction of sp³-hybridized carbons (Fsp3) is 0.364. The molecule has 0 saturated carbocycles. The van der Waals surface area contributed by atoms with Crippen LogP contribution in [0.1, 0.15) is 13.8 Å². The van der Waals surface area contributed by atoms with Crippen molar-refractivity contribution >= 4 is 11.8 Å². The molecule has 0 unspecified atom stereocenters. The molecule has 88 valence electrons. The van der Waals surface area contributed by atoms with E-state index in [4.69, 9.17) is 9.47 Å². The molecule has 0 fully saturated rings. The second-order valence-corrected chi connectivity index (χ2v) is 3.42. The maximum atomic E-state index is 12.9. The molecule has 1 amide bonds. The number of hydrogen-bond acceptors (Lipinski definition) is 3. The molecule has 16 heavy (non-hydrogen) atoms. The third kappa shape index (κ3) is 3.42. The molecule has 0 aliphatic heterocycles. The zero-order valence-corrected chi connectivity index (χ0v) is 9.41. The lowest BCUT2D eigenvalue weighted by Gasteiger charge is -2.12. The van der Waals surface area contributed by atoms with Crippen LogP contribution >= 0.6 is 0 Å². The van der Waals surface area contributed by atoms with Gasteiger partial charge in [0.2, 0.25) is 0 Å². The van der Waals surface area contributed by atoms with E-state index in [0.29, 0.717) is 5.75 Å². The molecule has 0 aromatic heterocycles. The summed E-state index contributed by atoms with van der Waals surface area (Å²) in [4.78, 5) is 11.3. The van der Waals surface area contributed by atoms with E-state index in [1.807, 2.05) is 0 Å². The van der Waals surface area contributed by atoms with Crippen molar-refractivity contribution in [3.05, 3.63) is 24.0 Å². The van der Waals surface area contributed by atoms with Crippen LogP contribution in [-0.2, 0) is 4.74 Å². The van der Waals surface area contributed by atoms with Crippen molar-refractivity contribution < 1.29 is 18.7 Å². The number of benzene rings is 1. The molecule has 4 nitrogen and oxygen atoms in total. The number of amides is 1. The minimum absolute atomic E-state index is 0.237. The largest absolute Gasteiger partial charge is 0.495 e. The monoisotopic (exact) mass is 227 g/mol. The van der Waals surface area contributed by atoms with Gasteiger partial charge in [0, 0.05) is 6.07 Å². The van der Waals surface area contributed by atoms with Crippen LogP contribution in [0.15, 0.2) is 18.2 Å². The normalized spacial score (nSPS) is 10.1. The fourth-order valence-corrected chi connectivity index (χ4v) is 1.13. The van der Waals surface area contributed by atoms with Gasteiger partial charge in [0.1, 0.15) is 11.6 Å². The molecule has 1 rings (SSSR count). The first-order valence-corrected chi connectivity index (χ1v) is 4.84. The molecule has 0 heterocycles. The molecule has 1 aromatic carbocycles. The van der Waals surface area contributed by atoms with E-state index >= 15 is 0 Å². The highest BCUT2D eigenvalue weighted by Crippen LogP contribution is 2.24. The quantitative estimate of drug-likeness (QED) is 0.863. The number of carbonyl (C=O) groups excluding carboxylic acids is 1. The Balaban J connectivity index is 2.79. The molecule has 0 spiro atoms. The third-order valence-corrected chi connectivity index (χ3v) is 1.74. The van der Waals surface area contributed by atoms with Gasteiger partial charge in [0.25, 0.3) is 0 Å². The Morgan fingerprint density at radius 2 is 2.12 bits per heavy atom. The Labute approximate surface area is 93.4 Å². The second kappa shape index (κ2) is 5.34. The summed E-state index contributed by atoms with van der Waals surface area (Å²) in [5.74, 6) is -0.0808. The first-order chi connectivity index (χ1) is 7.52. The van der Waals surface area contributed by atoms with E-state index < -0.39 is 11.9 Å². The van der Waals surface area contributed by atoms with E-state index in [0.717, 1.165) is 0 Å². The Morgan fingerprint density at radius 1 is 1.44 bits per heavy atom. The SMILES string of the molecule is COc1ccc(F)cc1NC(=O)OC(C)C. The van der Waals surface area contributed by atoms with E-state index in [1.54, 1.807) is 13.8 Å². The molecule has 0 saturated heterocycles. The molecular formula is C11H14FNO3. The van der Waals surface area contributed by atoms with Crippen LogP contribution < -0.4 is 10.1 Å². The van der Waals surface area contributed by atoms with Gasteiger partial charge in [0.15, 0.2) is 0 Å². The zero-order valence-electron chi connectivity index (χ0n) is 9.41. The first-order valence-electron chi connectivity index (χ1n) is 4.84. The number of methoxy groups -OCH3 is 1. The van der Waals surface area contributed by atoms with Gasteiger partial charge in [-0.15, -0.1) is 0 Å². The predicted molar refractivity (Wildman–Crippen MR) is 58.2 cm³/mol. The summed E-state index contributed by atoms with van der Waals surface area (Å²) < 4.78 is 22.8. The van der Waals surface area contributed by atoms with Gasteiger partial charge in [-0.2, -0.15) is 0 Å². The molecule has 0 atom stereocenters. The van der Waals surface area contributed by atoms with Crippen molar-refractivity contribution in [2.75, 3.05) is 12.4 Å². The summed E-state index contributed by atoms with van der Waals surface area (Å²) >= 11 is 0. The minimum Gasteiger partial charge on any atom is -0.495 e. The number of carbonyl (C=O) groups is 1. The Morgan fingerprint density at radius 3 is 2.69 bits per heavy atom. The summed E-state index contributed by atoms with van der Waals surface area (Å²) in [6.07, 6.45) is -0.876. The topological polar surface area (TPSA) is 47.6 Å². The summed E-state index contributed by atoms with van der Waals surface area (Å²) in [6.45, 7) is 3.45. The van der Waals surface area contributed by atoms with Crippen molar-refractivity contribution in [2.24, 2.45) is 0 Å². The highest BCUT2D eigenvalue weighted by atomic mass is 19.1. The van der Waals surface area contributed by atoms with Gasteiger partial charge < -0.3 is 9.47 Å². The molecule has 1 aromatic rings. The Kier molecular flexibility index (Phi) is 4.10. The van der Waals surface area contributed by atoms with Crippen molar-refractivity contribution in [2.45, 2.75) is 20.0 Å². The molecule has 0 bridgehead atoms. The van der Waals surface area contributed by atoms with Crippen LogP contribution in [0.5, 0.6) is 5.75 Å². The van der Waals surface area contributed by atoms with Crippen LogP contribution in [-0.4, -0.2) is 19.3 Å². The lowest BCUT2D eigenvalue weighted by molar-refractivity contribution is 0.130. The summed E-state index contributed by atoms with van der Waals surface area (Å²) in [5.41, 5.74) is 0.244. The van der Waals surface area contributed by atoms with Crippen LogP contribution in [0.4, 0.5) is 14.9 Å². The van der Waals surface area contributed by atoms with Crippen molar-refractivity contribution in [3.63, 3.8) is 0 Å². The number of hydrogen-bond donors (Lipinski definition) is 1. The number of ether oxygens (including phenoxy) is 2.